The first-order valence-corrected chi connectivity index (χ1v) is 14.7. The van der Waals surface area contributed by atoms with E-state index in [1.807, 2.05) is 51.1 Å². The molecule has 0 aliphatic rings. The summed E-state index contributed by atoms with van der Waals surface area (Å²) in [6, 6.07) is 20.1. The zero-order valence-corrected chi connectivity index (χ0v) is 24.6. The molecule has 0 radical (unpaired) electrons. The lowest BCUT2D eigenvalue weighted by atomic mass is 10.1. The summed E-state index contributed by atoms with van der Waals surface area (Å²) >= 11 is 6.16. The van der Waals surface area contributed by atoms with Crippen molar-refractivity contribution in [2.45, 2.75) is 58.0 Å². The molecule has 1 unspecified atom stereocenters. The van der Waals surface area contributed by atoms with E-state index in [9.17, 15) is 18.0 Å². The molecular weight excluding hydrogens is 534 g/mol. The third-order valence-electron chi connectivity index (χ3n) is 6.40. The van der Waals surface area contributed by atoms with Crippen LogP contribution < -0.4 is 9.62 Å². The van der Waals surface area contributed by atoms with E-state index in [0.29, 0.717) is 22.7 Å². The molecule has 208 valence electrons. The second kappa shape index (κ2) is 13.1. The van der Waals surface area contributed by atoms with E-state index in [0.717, 1.165) is 15.4 Å². The molecule has 3 rings (SSSR count). The zero-order chi connectivity index (χ0) is 28.7. The van der Waals surface area contributed by atoms with Crippen molar-refractivity contribution >= 4 is 39.1 Å². The lowest BCUT2D eigenvalue weighted by Crippen LogP contribution is -2.53. The molecule has 9 heteroatoms. The van der Waals surface area contributed by atoms with E-state index >= 15 is 0 Å². The molecule has 0 aromatic heterocycles. The molecule has 0 aliphatic carbocycles. The maximum absolute atomic E-state index is 13.9. The normalized spacial score (nSPS) is 12.2. The first-order chi connectivity index (χ1) is 18.4. The van der Waals surface area contributed by atoms with Crippen LogP contribution in [0.3, 0.4) is 0 Å². The topological polar surface area (TPSA) is 86.8 Å². The number of benzene rings is 3. The van der Waals surface area contributed by atoms with Crippen LogP contribution in [0.1, 0.15) is 37.5 Å². The Kier molecular flexibility index (Phi) is 10.2. The van der Waals surface area contributed by atoms with Crippen LogP contribution in [0.15, 0.2) is 77.7 Å². The van der Waals surface area contributed by atoms with E-state index in [1.54, 1.807) is 44.2 Å². The fourth-order valence-corrected chi connectivity index (χ4v) is 5.93. The third-order valence-corrected chi connectivity index (χ3v) is 8.41. The van der Waals surface area contributed by atoms with Gasteiger partial charge in [0.2, 0.25) is 11.8 Å². The van der Waals surface area contributed by atoms with Crippen molar-refractivity contribution in [2.75, 3.05) is 17.4 Å². The number of hydrogen-bond donors (Lipinski definition) is 1. The van der Waals surface area contributed by atoms with Gasteiger partial charge in [0.1, 0.15) is 12.6 Å². The van der Waals surface area contributed by atoms with Gasteiger partial charge in [0.25, 0.3) is 10.0 Å². The smallest absolute Gasteiger partial charge is 0.264 e. The van der Waals surface area contributed by atoms with Crippen LogP contribution in [-0.4, -0.2) is 50.3 Å². The Bertz CT molecular complexity index is 1390. The van der Waals surface area contributed by atoms with Gasteiger partial charge in [-0.15, -0.1) is 0 Å². The predicted octanol–water partition coefficient (Wildman–Crippen LogP) is 5.14. The van der Waals surface area contributed by atoms with Crippen molar-refractivity contribution < 1.29 is 18.0 Å². The monoisotopic (exact) mass is 569 g/mol. The number of nitrogens with one attached hydrogen (secondary N) is 1. The summed E-state index contributed by atoms with van der Waals surface area (Å²) in [6.45, 7) is 8.73. The van der Waals surface area contributed by atoms with Crippen LogP contribution in [0.4, 0.5) is 5.69 Å². The number of anilines is 1. The van der Waals surface area contributed by atoms with Crippen molar-refractivity contribution in [1.82, 2.24) is 10.2 Å². The third kappa shape index (κ3) is 7.83. The van der Waals surface area contributed by atoms with Gasteiger partial charge in [0.15, 0.2) is 0 Å². The number of amides is 2. The summed E-state index contributed by atoms with van der Waals surface area (Å²) in [5.41, 5.74) is 2.86. The molecule has 1 N–H and O–H groups in total. The van der Waals surface area contributed by atoms with Gasteiger partial charge in [-0.1, -0.05) is 59.6 Å². The molecule has 3 aromatic rings. The van der Waals surface area contributed by atoms with Crippen molar-refractivity contribution in [3.63, 3.8) is 0 Å². The standard InChI is InChI=1S/C30H36ClN3O4S/c1-21(2)32-30(36)24(5)33(18-17-25-9-7-6-8-10-25)29(35)20-34(28-16-13-26(31)19-23(28)4)39(37,38)27-14-11-22(3)12-15-27/h6-16,19,21,24H,17-18,20H2,1-5H3,(H,32,36). The summed E-state index contributed by atoms with van der Waals surface area (Å²) in [6.07, 6.45) is 0.510. The molecule has 7 nitrogen and oxygen atoms in total. The maximum Gasteiger partial charge on any atom is 0.264 e. The summed E-state index contributed by atoms with van der Waals surface area (Å²) in [7, 11) is -4.12. The number of rotatable bonds is 11. The van der Waals surface area contributed by atoms with Crippen LogP contribution in [0.25, 0.3) is 0 Å². The molecule has 0 fully saturated rings. The van der Waals surface area contributed by atoms with E-state index in [-0.39, 0.29) is 23.4 Å². The Hall–Kier alpha value is -3.36. The minimum Gasteiger partial charge on any atom is -0.352 e. The quantitative estimate of drug-likeness (QED) is 0.346. The van der Waals surface area contributed by atoms with E-state index in [4.69, 9.17) is 11.6 Å². The largest absolute Gasteiger partial charge is 0.352 e. The molecule has 0 saturated carbocycles. The average molecular weight is 570 g/mol. The summed E-state index contributed by atoms with van der Waals surface area (Å²) in [5, 5.41) is 3.32. The van der Waals surface area contributed by atoms with Crippen molar-refractivity contribution in [1.29, 1.82) is 0 Å². The minimum atomic E-state index is -4.12. The van der Waals surface area contributed by atoms with E-state index < -0.39 is 28.5 Å². The van der Waals surface area contributed by atoms with Crippen LogP contribution in [0.5, 0.6) is 0 Å². The number of halogens is 1. The number of carbonyl (C=O) groups excluding carboxylic acids is 2. The maximum atomic E-state index is 13.9. The second-order valence-corrected chi connectivity index (χ2v) is 12.2. The van der Waals surface area contributed by atoms with Gasteiger partial charge >= 0.3 is 0 Å². The van der Waals surface area contributed by atoms with Gasteiger partial charge in [-0.25, -0.2) is 8.42 Å². The molecular formula is C30H36ClN3O4S. The Morgan fingerprint density at radius 1 is 0.923 bits per heavy atom. The number of nitrogens with zero attached hydrogens (tertiary/aromatic N) is 2. The molecule has 0 aliphatic heterocycles. The van der Waals surface area contributed by atoms with Gasteiger partial charge in [-0.2, -0.15) is 0 Å². The van der Waals surface area contributed by atoms with Crippen LogP contribution in [0, 0.1) is 13.8 Å². The fraction of sp³-hybridized carbons (Fsp3) is 0.333. The van der Waals surface area contributed by atoms with Gasteiger partial charge in [0, 0.05) is 17.6 Å². The summed E-state index contributed by atoms with van der Waals surface area (Å²) in [4.78, 5) is 28.4. The molecule has 0 spiro atoms. The highest BCUT2D eigenvalue weighted by atomic mass is 35.5. The number of carbonyl (C=O) groups is 2. The van der Waals surface area contributed by atoms with E-state index in [2.05, 4.69) is 5.32 Å². The van der Waals surface area contributed by atoms with Gasteiger partial charge in [-0.05, 0) is 82.5 Å². The molecule has 0 bridgehead atoms. The summed E-state index contributed by atoms with van der Waals surface area (Å²) < 4.78 is 28.9. The highest BCUT2D eigenvalue weighted by molar-refractivity contribution is 7.92. The molecule has 0 saturated heterocycles. The predicted molar refractivity (Wildman–Crippen MR) is 156 cm³/mol. The molecule has 39 heavy (non-hydrogen) atoms. The first-order valence-electron chi connectivity index (χ1n) is 12.9. The number of sulfonamides is 1. The number of aryl methyl sites for hydroxylation is 2. The van der Waals surface area contributed by atoms with Crippen molar-refractivity contribution in [3.8, 4) is 0 Å². The molecule has 2 amide bonds. The Labute approximate surface area is 236 Å². The Balaban J connectivity index is 2.01. The minimum absolute atomic E-state index is 0.0664. The lowest BCUT2D eigenvalue weighted by Gasteiger charge is -2.32. The average Bonchev–Trinajstić information content (AvgIpc) is 2.88. The van der Waals surface area contributed by atoms with Crippen LogP contribution >= 0.6 is 11.6 Å². The Morgan fingerprint density at radius 2 is 1.56 bits per heavy atom. The van der Waals surface area contributed by atoms with Gasteiger partial charge in [-0.3, -0.25) is 13.9 Å². The molecule has 0 heterocycles. The fourth-order valence-electron chi connectivity index (χ4n) is 4.22. The van der Waals surface area contributed by atoms with E-state index in [1.165, 1.54) is 17.0 Å². The number of hydrogen-bond acceptors (Lipinski definition) is 4. The highest BCUT2D eigenvalue weighted by Gasteiger charge is 2.33. The van der Waals surface area contributed by atoms with Crippen molar-refractivity contribution in [2.24, 2.45) is 0 Å². The zero-order valence-electron chi connectivity index (χ0n) is 23.0. The molecule has 3 aromatic carbocycles. The van der Waals surface area contributed by atoms with Gasteiger partial charge in [0.05, 0.1) is 10.6 Å². The van der Waals surface area contributed by atoms with Crippen molar-refractivity contribution in [3.05, 3.63) is 94.5 Å². The van der Waals surface area contributed by atoms with Gasteiger partial charge < -0.3 is 10.2 Å². The highest BCUT2D eigenvalue weighted by Crippen LogP contribution is 2.29. The first kappa shape index (κ1) is 30.2. The SMILES string of the molecule is Cc1ccc(S(=O)(=O)N(CC(=O)N(CCc2ccccc2)C(C)C(=O)NC(C)C)c2ccc(Cl)cc2C)cc1. The second-order valence-electron chi connectivity index (χ2n) is 9.92. The van der Waals surface area contributed by atoms with Crippen LogP contribution in [-0.2, 0) is 26.0 Å². The summed E-state index contributed by atoms with van der Waals surface area (Å²) in [5.74, 6) is -0.788. The molecule has 1 atom stereocenters. The Morgan fingerprint density at radius 3 is 2.15 bits per heavy atom. The lowest BCUT2D eigenvalue weighted by molar-refractivity contribution is -0.139. The van der Waals surface area contributed by atoms with Crippen LogP contribution in [0.2, 0.25) is 5.02 Å².